The van der Waals surface area contributed by atoms with Gasteiger partial charge in [0.25, 0.3) is 0 Å². The molecule has 0 bridgehead atoms. The van der Waals surface area contributed by atoms with Crippen LogP contribution in [0.1, 0.15) is 43.2 Å². The second-order valence-corrected chi connectivity index (χ2v) is 4.92. The highest BCUT2D eigenvalue weighted by Gasteiger charge is 2.23. The maximum atomic E-state index is 5.53. The summed E-state index contributed by atoms with van der Waals surface area (Å²) in [5.74, 6) is 0. The minimum Gasteiger partial charge on any atom is -0.346 e. The lowest BCUT2D eigenvalue weighted by Crippen LogP contribution is -2.00. The van der Waals surface area contributed by atoms with Crippen LogP contribution in [-0.2, 0) is 22.3 Å². The van der Waals surface area contributed by atoms with Crippen LogP contribution < -0.4 is 0 Å². The number of ether oxygens (including phenoxy) is 2. The SMILES string of the molecule is Brc1cc2c(cc1C1OCCO1)CCC2.CC. The molecule has 1 heterocycles. The highest BCUT2D eigenvalue weighted by atomic mass is 79.9. The van der Waals surface area contributed by atoms with E-state index in [1.54, 1.807) is 0 Å². The molecule has 94 valence electrons. The van der Waals surface area contributed by atoms with Crippen molar-refractivity contribution in [1.29, 1.82) is 0 Å². The fraction of sp³-hybridized carbons (Fsp3) is 0.571. The summed E-state index contributed by atoms with van der Waals surface area (Å²) in [6.07, 6.45) is 3.52. The lowest BCUT2D eigenvalue weighted by molar-refractivity contribution is -0.0446. The van der Waals surface area contributed by atoms with Crippen molar-refractivity contribution in [1.82, 2.24) is 0 Å². The molecule has 0 atom stereocenters. The first-order chi connectivity index (χ1) is 8.34. The molecule has 0 radical (unpaired) electrons. The van der Waals surface area contributed by atoms with E-state index in [-0.39, 0.29) is 6.29 Å². The average molecular weight is 299 g/mol. The minimum absolute atomic E-state index is 0.162. The Labute approximate surface area is 111 Å². The zero-order chi connectivity index (χ0) is 12.3. The van der Waals surface area contributed by atoms with Crippen LogP contribution in [0.15, 0.2) is 16.6 Å². The monoisotopic (exact) mass is 298 g/mol. The summed E-state index contributed by atoms with van der Waals surface area (Å²) in [5.41, 5.74) is 4.09. The van der Waals surface area contributed by atoms with Crippen molar-refractivity contribution < 1.29 is 9.47 Å². The Balaban J connectivity index is 0.000000514. The molecule has 1 aliphatic heterocycles. The molecular formula is C14H19BrO2. The number of benzene rings is 1. The summed E-state index contributed by atoms with van der Waals surface area (Å²) < 4.78 is 12.2. The second kappa shape index (κ2) is 5.98. The molecular weight excluding hydrogens is 280 g/mol. The van der Waals surface area contributed by atoms with Gasteiger partial charge in [-0.25, -0.2) is 0 Å². The van der Waals surface area contributed by atoms with Crippen molar-refractivity contribution >= 4 is 15.9 Å². The molecule has 0 unspecified atom stereocenters. The first-order valence-electron chi connectivity index (χ1n) is 6.39. The number of hydrogen-bond donors (Lipinski definition) is 0. The predicted molar refractivity (Wildman–Crippen MR) is 72.2 cm³/mol. The van der Waals surface area contributed by atoms with Crippen molar-refractivity contribution in [2.24, 2.45) is 0 Å². The Hall–Kier alpha value is -0.380. The van der Waals surface area contributed by atoms with Gasteiger partial charge in [-0.2, -0.15) is 0 Å². The van der Waals surface area contributed by atoms with Crippen LogP contribution in [0.25, 0.3) is 0 Å². The van der Waals surface area contributed by atoms with Gasteiger partial charge in [0.2, 0.25) is 0 Å². The molecule has 1 aromatic rings. The van der Waals surface area contributed by atoms with Crippen molar-refractivity contribution in [2.45, 2.75) is 39.4 Å². The van der Waals surface area contributed by atoms with Gasteiger partial charge in [0.1, 0.15) is 0 Å². The molecule has 1 aromatic carbocycles. The third kappa shape index (κ3) is 2.72. The van der Waals surface area contributed by atoms with Gasteiger partial charge in [0.05, 0.1) is 13.2 Å². The van der Waals surface area contributed by atoms with Gasteiger partial charge in [-0.1, -0.05) is 29.8 Å². The molecule has 3 heteroatoms. The van der Waals surface area contributed by atoms with Crippen LogP contribution in [0.3, 0.4) is 0 Å². The van der Waals surface area contributed by atoms with Gasteiger partial charge in [-0.05, 0) is 42.5 Å². The van der Waals surface area contributed by atoms with Crippen molar-refractivity contribution in [2.75, 3.05) is 13.2 Å². The van der Waals surface area contributed by atoms with Gasteiger partial charge < -0.3 is 9.47 Å². The Morgan fingerprint density at radius 2 is 1.65 bits per heavy atom. The first-order valence-corrected chi connectivity index (χ1v) is 7.18. The molecule has 1 saturated heterocycles. The van der Waals surface area contributed by atoms with E-state index in [2.05, 4.69) is 28.1 Å². The van der Waals surface area contributed by atoms with Crippen molar-refractivity contribution in [3.05, 3.63) is 33.3 Å². The Bertz CT molecular complexity index is 384. The van der Waals surface area contributed by atoms with Gasteiger partial charge in [0.15, 0.2) is 6.29 Å². The van der Waals surface area contributed by atoms with Gasteiger partial charge in [-0.3, -0.25) is 0 Å². The zero-order valence-electron chi connectivity index (χ0n) is 10.5. The molecule has 2 aliphatic rings. The fourth-order valence-electron chi connectivity index (χ4n) is 2.33. The molecule has 3 rings (SSSR count). The first kappa shape index (κ1) is 13.1. The van der Waals surface area contributed by atoms with Crippen LogP contribution in [0.4, 0.5) is 0 Å². The lowest BCUT2D eigenvalue weighted by atomic mass is 10.1. The van der Waals surface area contributed by atoms with Crippen LogP contribution in [0, 0.1) is 0 Å². The van der Waals surface area contributed by atoms with E-state index in [4.69, 9.17) is 9.47 Å². The molecule has 0 aromatic heterocycles. The van der Waals surface area contributed by atoms with Gasteiger partial charge in [0, 0.05) is 10.0 Å². The average Bonchev–Trinajstić information content (AvgIpc) is 3.00. The van der Waals surface area contributed by atoms with Crippen molar-refractivity contribution in [3.63, 3.8) is 0 Å². The smallest absolute Gasteiger partial charge is 0.185 e. The van der Waals surface area contributed by atoms with E-state index in [1.807, 2.05) is 13.8 Å². The summed E-state index contributed by atoms with van der Waals surface area (Å²) >= 11 is 3.60. The van der Waals surface area contributed by atoms with E-state index in [0.29, 0.717) is 13.2 Å². The molecule has 0 spiro atoms. The maximum absolute atomic E-state index is 5.53. The van der Waals surface area contributed by atoms with E-state index in [1.165, 1.54) is 30.4 Å². The Morgan fingerprint density at radius 1 is 1.06 bits per heavy atom. The quantitative estimate of drug-likeness (QED) is 0.780. The standard InChI is InChI=1S/C12H13BrO2.C2H6/c13-11-7-9-3-1-2-8(9)6-10(11)12-14-4-5-15-12;1-2/h6-7,12H,1-5H2;1-2H3. The highest BCUT2D eigenvalue weighted by Crippen LogP contribution is 2.34. The predicted octanol–water partition coefficient (Wildman–Crippen LogP) is 4.01. The van der Waals surface area contributed by atoms with Gasteiger partial charge in [-0.15, -0.1) is 0 Å². The maximum Gasteiger partial charge on any atom is 0.185 e. The molecule has 1 aliphatic carbocycles. The number of hydrogen-bond acceptors (Lipinski definition) is 2. The normalized spacial score (nSPS) is 18.8. The summed E-state index contributed by atoms with van der Waals surface area (Å²) in [7, 11) is 0. The molecule has 2 nitrogen and oxygen atoms in total. The summed E-state index contributed by atoms with van der Waals surface area (Å²) in [5, 5.41) is 0. The fourth-order valence-corrected chi connectivity index (χ4v) is 2.91. The third-order valence-corrected chi connectivity index (χ3v) is 3.77. The van der Waals surface area contributed by atoms with E-state index in [0.717, 1.165) is 10.0 Å². The van der Waals surface area contributed by atoms with Crippen LogP contribution in [0.5, 0.6) is 0 Å². The zero-order valence-corrected chi connectivity index (χ0v) is 12.0. The van der Waals surface area contributed by atoms with E-state index < -0.39 is 0 Å². The van der Waals surface area contributed by atoms with E-state index >= 15 is 0 Å². The number of rotatable bonds is 1. The Morgan fingerprint density at radius 3 is 2.29 bits per heavy atom. The van der Waals surface area contributed by atoms with E-state index in [9.17, 15) is 0 Å². The number of aryl methyl sites for hydroxylation is 2. The van der Waals surface area contributed by atoms with Crippen molar-refractivity contribution in [3.8, 4) is 0 Å². The Kier molecular flexibility index (Phi) is 4.60. The van der Waals surface area contributed by atoms with Gasteiger partial charge >= 0.3 is 0 Å². The molecule has 1 fully saturated rings. The molecule has 0 N–H and O–H groups in total. The number of halogens is 1. The lowest BCUT2D eigenvalue weighted by Gasteiger charge is -2.13. The molecule has 0 amide bonds. The molecule has 0 saturated carbocycles. The summed E-state index contributed by atoms with van der Waals surface area (Å²) in [6, 6.07) is 4.46. The highest BCUT2D eigenvalue weighted by molar-refractivity contribution is 9.10. The topological polar surface area (TPSA) is 18.5 Å². The van der Waals surface area contributed by atoms with Crippen LogP contribution in [0.2, 0.25) is 0 Å². The summed E-state index contributed by atoms with van der Waals surface area (Å²) in [6.45, 7) is 5.41. The molecule has 17 heavy (non-hydrogen) atoms. The number of fused-ring (bicyclic) bond motifs is 1. The minimum atomic E-state index is -0.162. The second-order valence-electron chi connectivity index (χ2n) is 4.07. The van der Waals surface area contributed by atoms with Crippen LogP contribution >= 0.6 is 15.9 Å². The largest absolute Gasteiger partial charge is 0.346 e. The summed E-state index contributed by atoms with van der Waals surface area (Å²) in [4.78, 5) is 0. The third-order valence-electron chi connectivity index (χ3n) is 3.09. The van der Waals surface area contributed by atoms with Crippen LogP contribution in [-0.4, -0.2) is 13.2 Å².